The van der Waals surface area contributed by atoms with E-state index in [0.717, 1.165) is 12.2 Å². The first-order valence-electron chi connectivity index (χ1n) is 4.86. The Bertz CT molecular complexity index is 281. The van der Waals surface area contributed by atoms with E-state index in [1.54, 1.807) is 6.33 Å². The molecule has 0 aliphatic heterocycles. The van der Waals surface area contributed by atoms with Crippen LogP contribution in [-0.2, 0) is 13.5 Å². The highest BCUT2D eigenvalue weighted by atomic mass is 15.3. The molecule has 0 radical (unpaired) electrons. The lowest BCUT2D eigenvalue weighted by Crippen LogP contribution is -2.26. The fraction of sp³-hybridized carbons (Fsp3) is 0.778. The molecule has 0 aromatic carbocycles. The van der Waals surface area contributed by atoms with Gasteiger partial charge in [0.2, 0.25) is 0 Å². The molecule has 1 saturated carbocycles. The van der Waals surface area contributed by atoms with Gasteiger partial charge in [-0.2, -0.15) is 5.10 Å². The Morgan fingerprint density at radius 1 is 1.62 bits per heavy atom. The number of rotatable bonds is 2. The van der Waals surface area contributed by atoms with Gasteiger partial charge < -0.3 is 5.73 Å². The van der Waals surface area contributed by atoms with Crippen LogP contribution in [0.5, 0.6) is 0 Å². The van der Waals surface area contributed by atoms with Crippen molar-refractivity contribution >= 4 is 0 Å². The van der Waals surface area contributed by atoms with Crippen LogP contribution in [0.2, 0.25) is 0 Å². The smallest absolute Gasteiger partial charge is 0.138 e. The third kappa shape index (κ3) is 1.72. The van der Waals surface area contributed by atoms with E-state index < -0.39 is 0 Å². The highest BCUT2D eigenvalue weighted by molar-refractivity contribution is 4.92. The average molecular weight is 180 g/mol. The maximum absolute atomic E-state index is 5.99. The zero-order chi connectivity index (χ0) is 9.26. The van der Waals surface area contributed by atoms with Crippen LogP contribution in [0.1, 0.15) is 25.1 Å². The van der Waals surface area contributed by atoms with E-state index >= 15 is 0 Å². The SMILES string of the molecule is Cn1ncnc1CC1CCCC1N. The molecule has 2 N–H and O–H groups in total. The summed E-state index contributed by atoms with van der Waals surface area (Å²) in [6, 6.07) is 0.372. The molecule has 0 saturated heterocycles. The Hall–Kier alpha value is -0.900. The molecule has 4 heteroatoms. The molecule has 1 heterocycles. The van der Waals surface area contributed by atoms with Crippen LogP contribution in [0.4, 0.5) is 0 Å². The van der Waals surface area contributed by atoms with Crippen LogP contribution in [-0.4, -0.2) is 20.8 Å². The van der Waals surface area contributed by atoms with E-state index in [0.29, 0.717) is 12.0 Å². The van der Waals surface area contributed by atoms with Gasteiger partial charge in [-0.25, -0.2) is 4.98 Å². The van der Waals surface area contributed by atoms with Gasteiger partial charge in [0, 0.05) is 19.5 Å². The molecule has 4 nitrogen and oxygen atoms in total. The minimum atomic E-state index is 0.372. The predicted octanol–water partition coefficient (Wildman–Crippen LogP) is 0.485. The van der Waals surface area contributed by atoms with E-state index in [9.17, 15) is 0 Å². The summed E-state index contributed by atoms with van der Waals surface area (Å²) < 4.78 is 1.84. The summed E-state index contributed by atoms with van der Waals surface area (Å²) >= 11 is 0. The molecule has 2 atom stereocenters. The van der Waals surface area contributed by atoms with Crippen LogP contribution in [0, 0.1) is 5.92 Å². The van der Waals surface area contributed by atoms with E-state index in [2.05, 4.69) is 10.1 Å². The largest absolute Gasteiger partial charge is 0.327 e. The van der Waals surface area contributed by atoms with Gasteiger partial charge in [-0.1, -0.05) is 6.42 Å². The van der Waals surface area contributed by atoms with Crippen molar-refractivity contribution in [3.63, 3.8) is 0 Å². The molecule has 13 heavy (non-hydrogen) atoms. The van der Waals surface area contributed by atoms with Gasteiger partial charge in [-0.3, -0.25) is 4.68 Å². The zero-order valence-electron chi connectivity index (χ0n) is 7.98. The van der Waals surface area contributed by atoms with E-state index in [-0.39, 0.29) is 0 Å². The van der Waals surface area contributed by atoms with Gasteiger partial charge >= 0.3 is 0 Å². The normalized spacial score (nSPS) is 28.2. The Morgan fingerprint density at radius 3 is 3.00 bits per heavy atom. The fourth-order valence-electron chi connectivity index (χ4n) is 2.06. The molecule has 2 rings (SSSR count). The monoisotopic (exact) mass is 180 g/mol. The molecule has 0 spiro atoms. The van der Waals surface area contributed by atoms with Gasteiger partial charge in [0.1, 0.15) is 12.2 Å². The van der Waals surface area contributed by atoms with Gasteiger partial charge in [0.05, 0.1) is 0 Å². The van der Waals surface area contributed by atoms with Crippen molar-refractivity contribution < 1.29 is 0 Å². The molecule has 1 aromatic rings. The number of aromatic nitrogens is 3. The van der Waals surface area contributed by atoms with Crippen LogP contribution < -0.4 is 5.73 Å². The molecule has 0 amide bonds. The molecule has 2 unspecified atom stereocenters. The van der Waals surface area contributed by atoms with E-state index in [4.69, 9.17) is 5.73 Å². The molecule has 72 valence electrons. The third-order valence-corrected chi connectivity index (χ3v) is 2.97. The molecule has 0 bridgehead atoms. The Balaban J connectivity index is 2.01. The summed E-state index contributed by atoms with van der Waals surface area (Å²) in [5.74, 6) is 1.67. The number of aryl methyl sites for hydroxylation is 1. The molecular formula is C9H16N4. The maximum atomic E-state index is 5.99. The van der Waals surface area contributed by atoms with Crippen molar-refractivity contribution in [2.75, 3.05) is 0 Å². The second-order valence-corrected chi connectivity index (χ2v) is 3.86. The van der Waals surface area contributed by atoms with Gasteiger partial charge in [0.15, 0.2) is 0 Å². The van der Waals surface area contributed by atoms with Crippen LogP contribution in [0.3, 0.4) is 0 Å². The highest BCUT2D eigenvalue weighted by Gasteiger charge is 2.25. The molecular weight excluding hydrogens is 164 g/mol. The summed E-state index contributed by atoms with van der Waals surface area (Å²) in [4.78, 5) is 4.21. The van der Waals surface area contributed by atoms with Crippen molar-refractivity contribution in [2.45, 2.75) is 31.7 Å². The van der Waals surface area contributed by atoms with Crippen molar-refractivity contribution in [3.8, 4) is 0 Å². The van der Waals surface area contributed by atoms with Crippen LogP contribution in [0.15, 0.2) is 6.33 Å². The summed E-state index contributed by atoms with van der Waals surface area (Å²) in [6.07, 6.45) is 6.27. The van der Waals surface area contributed by atoms with Crippen LogP contribution >= 0.6 is 0 Å². The van der Waals surface area contributed by atoms with Gasteiger partial charge in [-0.05, 0) is 18.8 Å². The summed E-state index contributed by atoms with van der Waals surface area (Å²) in [6.45, 7) is 0. The zero-order valence-corrected chi connectivity index (χ0v) is 7.98. The van der Waals surface area contributed by atoms with Crippen molar-refractivity contribution in [1.82, 2.24) is 14.8 Å². The second-order valence-electron chi connectivity index (χ2n) is 3.86. The van der Waals surface area contributed by atoms with Gasteiger partial charge in [0.25, 0.3) is 0 Å². The minimum absolute atomic E-state index is 0.372. The first-order valence-corrected chi connectivity index (χ1v) is 4.86. The van der Waals surface area contributed by atoms with Crippen molar-refractivity contribution in [3.05, 3.63) is 12.2 Å². The highest BCUT2D eigenvalue weighted by Crippen LogP contribution is 2.26. The lowest BCUT2D eigenvalue weighted by Gasteiger charge is -2.13. The second kappa shape index (κ2) is 3.46. The van der Waals surface area contributed by atoms with Crippen molar-refractivity contribution in [2.24, 2.45) is 18.7 Å². The maximum Gasteiger partial charge on any atom is 0.138 e. The molecule has 1 aliphatic rings. The minimum Gasteiger partial charge on any atom is -0.327 e. The summed E-state index contributed by atoms with van der Waals surface area (Å²) in [7, 11) is 1.93. The lowest BCUT2D eigenvalue weighted by molar-refractivity contribution is 0.458. The number of hydrogen-bond acceptors (Lipinski definition) is 3. The Labute approximate surface area is 78.1 Å². The Kier molecular flexibility index (Phi) is 2.31. The average Bonchev–Trinajstić information content (AvgIpc) is 2.65. The molecule has 1 aromatic heterocycles. The fourth-order valence-corrected chi connectivity index (χ4v) is 2.06. The third-order valence-electron chi connectivity index (χ3n) is 2.97. The van der Waals surface area contributed by atoms with E-state index in [1.807, 2.05) is 11.7 Å². The molecule has 1 fully saturated rings. The number of nitrogens with zero attached hydrogens (tertiary/aromatic N) is 3. The lowest BCUT2D eigenvalue weighted by atomic mass is 10.00. The first kappa shape index (κ1) is 8.69. The van der Waals surface area contributed by atoms with Crippen molar-refractivity contribution in [1.29, 1.82) is 0 Å². The Morgan fingerprint density at radius 2 is 2.46 bits per heavy atom. The summed E-state index contributed by atoms with van der Waals surface area (Å²) in [5, 5.41) is 4.05. The number of nitrogens with two attached hydrogens (primary N) is 1. The first-order chi connectivity index (χ1) is 6.27. The molecule has 1 aliphatic carbocycles. The number of hydrogen-bond donors (Lipinski definition) is 1. The quantitative estimate of drug-likeness (QED) is 0.720. The topological polar surface area (TPSA) is 56.7 Å². The summed E-state index contributed by atoms with van der Waals surface area (Å²) in [5.41, 5.74) is 5.99. The standard InChI is InChI=1S/C9H16N4/c1-13-9(11-6-12-13)5-7-3-2-4-8(7)10/h6-8H,2-5,10H2,1H3. The van der Waals surface area contributed by atoms with Gasteiger partial charge in [-0.15, -0.1) is 0 Å². The van der Waals surface area contributed by atoms with Crippen LogP contribution in [0.25, 0.3) is 0 Å². The van der Waals surface area contributed by atoms with E-state index in [1.165, 1.54) is 19.3 Å². The predicted molar refractivity (Wildman–Crippen MR) is 50.0 cm³/mol.